The molecule has 0 fully saturated rings. The van der Waals surface area contributed by atoms with Gasteiger partial charge in [-0.2, -0.15) is 18.2 Å². The van der Waals surface area contributed by atoms with Crippen LogP contribution in [-0.4, -0.2) is 28.0 Å². The number of hydrogen-bond donors (Lipinski definition) is 3. The number of amides is 2. The molecule has 0 unspecified atom stereocenters. The first-order chi connectivity index (χ1) is 18.2. The Hall–Kier alpha value is -5.00. The Morgan fingerprint density at radius 2 is 1.58 bits per heavy atom. The summed E-state index contributed by atoms with van der Waals surface area (Å²) in [5, 5.41) is 7.87. The number of pyridine rings is 2. The molecule has 0 aliphatic carbocycles. The van der Waals surface area contributed by atoms with Crippen molar-refractivity contribution in [1.29, 1.82) is 0 Å². The molecule has 3 N–H and O–H groups in total. The number of halogens is 4. The molecule has 0 radical (unpaired) electrons. The van der Waals surface area contributed by atoms with E-state index in [1.807, 2.05) is 12.1 Å². The van der Waals surface area contributed by atoms with Crippen molar-refractivity contribution in [1.82, 2.24) is 15.0 Å². The molecule has 12 heteroatoms. The highest BCUT2D eigenvalue weighted by molar-refractivity contribution is 6.00. The van der Waals surface area contributed by atoms with E-state index in [0.717, 1.165) is 41.5 Å². The molecule has 0 spiro atoms. The van der Waals surface area contributed by atoms with Crippen molar-refractivity contribution in [3.63, 3.8) is 0 Å². The van der Waals surface area contributed by atoms with E-state index in [9.17, 15) is 22.4 Å². The predicted molar refractivity (Wildman–Crippen MR) is 134 cm³/mol. The number of oxazole rings is 1. The van der Waals surface area contributed by atoms with Crippen molar-refractivity contribution >= 4 is 34.5 Å². The quantitative estimate of drug-likeness (QED) is 0.220. The number of carbonyl (C=O) groups excluding carboxylic acids is 1. The zero-order chi connectivity index (χ0) is 26.9. The van der Waals surface area contributed by atoms with Gasteiger partial charge in [-0.05, 0) is 60.7 Å². The summed E-state index contributed by atoms with van der Waals surface area (Å²) < 4.78 is 58.6. The smallest absolute Gasteiger partial charge is 0.416 e. The van der Waals surface area contributed by atoms with E-state index in [2.05, 4.69) is 30.9 Å². The molecule has 0 saturated carbocycles. The third kappa shape index (κ3) is 5.24. The molecule has 0 bridgehead atoms. The molecule has 2 aromatic carbocycles. The molecule has 0 atom stereocenters. The summed E-state index contributed by atoms with van der Waals surface area (Å²) in [6.45, 7) is 0. The Balaban J connectivity index is 1.34. The summed E-state index contributed by atoms with van der Waals surface area (Å²) in [5.74, 6) is 0.0247. The largest absolute Gasteiger partial charge is 0.434 e. The fourth-order valence-corrected chi connectivity index (χ4v) is 3.61. The van der Waals surface area contributed by atoms with Gasteiger partial charge in [0.1, 0.15) is 11.6 Å². The Morgan fingerprint density at radius 3 is 2.26 bits per heavy atom. The highest BCUT2D eigenvalue weighted by Crippen LogP contribution is 2.31. The average Bonchev–Trinajstić information content (AvgIpc) is 3.33. The van der Waals surface area contributed by atoms with Gasteiger partial charge in [0.25, 0.3) is 0 Å². The van der Waals surface area contributed by atoms with Crippen molar-refractivity contribution < 1.29 is 26.8 Å². The van der Waals surface area contributed by atoms with Crippen molar-refractivity contribution in [2.75, 3.05) is 23.0 Å². The minimum atomic E-state index is -4.48. The molecule has 3 heterocycles. The Labute approximate surface area is 212 Å². The number of anilines is 3. The summed E-state index contributed by atoms with van der Waals surface area (Å²) >= 11 is 0. The molecular formula is C26H18F4N6O2. The molecule has 5 aromatic rings. The second-order valence-electron chi connectivity index (χ2n) is 8.10. The molecular weight excluding hydrogens is 504 g/mol. The van der Waals surface area contributed by atoms with Crippen molar-refractivity contribution in [3.8, 4) is 22.6 Å². The minimum Gasteiger partial charge on any atom is -0.434 e. The second-order valence-corrected chi connectivity index (χ2v) is 8.10. The first-order valence-corrected chi connectivity index (χ1v) is 11.2. The number of hydrogen-bond acceptors (Lipinski definition) is 6. The van der Waals surface area contributed by atoms with E-state index in [0.29, 0.717) is 11.4 Å². The van der Waals surface area contributed by atoms with Crippen molar-refractivity contribution in [3.05, 3.63) is 84.4 Å². The van der Waals surface area contributed by atoms with E-state index in [1.54, 1.807) is 25.5 Å². The van der Waals surface area contributed by atoms with Crippen LogP contribution in [0.5, 0.6) is 0 Å². The Bertz CT molecular complexity index is 1620. The molecule has 38 heavy (non-hydrogen) atoms. The van der Waals surface area contributed by atoms with Crippen LogP contribution in [-0.2, 0) is 6.18 Å². The fourth-order valence-electron chi connectivity index (χ4n) is 3.61. The monoisotopic (exact) mass is 522 g/mol. The first kappa shape index (κ1) is 24.7. The minimum absolute atomic E-state index is 0.0167. The maximum absolute atomic E-state index is 14.7. The summed E-state index contributed by atoms with van der Waals surface area (Å²) in [6.07, 6.45) is -1.20. The normalized spacial score (nSPS) is 11.4. The third-order valence-corrected chi connectivity index (χ3v) is 5.52. The van der Waals surface area contributed by atoms with Gasteiger partial charge in [-0.15, -0.1) is 0 Å². The number of aromatic nitrogens is 3. The van der Waals surface area contributed by atoms with Crippen LogP contribution < -0.4 is 16.0 Å². The Morgan fingerprint density at radius 1 is 0.868 bits per heavy atom. The molecule has 8 nitrogen and oxygen atoms in total. The van der Waals surface area contributed by atoms with Crippen LogP contribution in [0.3, 0.4) is 0 Å². The lowest BCUT2D eigenvalue weighted by Gasteiger charge is -2.10. The van der Waals surface area contributed by atoms with Gasteiger partial charge in [0.05, 0.1) is 11.1 Å². The highest BCUT2D eigenvalue weighted by Gasteiger charge is 2.30. The van der Waals surface area contributed by atoms with Crippen LogP contribution in [0, 0.1) is 5.82 Å². The van der Waals surface area contributed by atoms with Crippen molar-refractivity contribution in [2.45, 2.75) is 6.18 Å². The number of rotatable bonds is 5. The number of fused-ring (bicyclic) bond motifs is 1. The third-order valence-electron chi connectivity index (χ3n) is 5.52. The number of nitrogens with one attached hydrogen (secondary N) is 3. The molecule has 0 aliphatic heterocycles. The van der Waals surface area contributed by atoms with Crippen LogP contribution >= 0.6 is 0 Å². The molecule has 0 aliphatic rings. The lowest BCUT2D eigenvalue weighted by atomic mass is 10.1. The first-order valence-electron chi connectivity index (χ1n) is 11.2. The number of carbonyl (C=O) groups is 1. The lowest BCUT2D eigenvalue weighted by molar-refractivity contribution is -0.137. The zero-order valence-corrected chi connectivity index (χ0v) is 19.6. The zero-order valence-electron chi connectivity index (χ0n) is 19.6. The van der Waals surface area contributed by atoms with E-state index in [1.165, 1.54) is 12.1 Å². The SMILES string of the molecule is CNc1ccc(-c2cnc3nc(-c4cc(NC(=O)Nc5ccc(C(F)(F)F)cc5)ccc4F)oc3c2)cn1. The second kappa shape index (κ2) is 9.81. The van der Waals surface area contributed by atoms with Gasteiger partial charge >= 0.3 is 12.2 Å². The molecule has 5 rings (SSSR count). The highest BCUT2D eigenvalue weighted by atomic mass is 19.4. The standard InChI is InChI=1S/C26H18F4N6O2/c1-31-22-9-2-14(12-32-22)15-10-21-23(33-13-15)36-24(38-21)19-11-18(7-8-20(19)27)35-25(37)34-17-5-3-16(4-6-17)26(28,29)30/h2-13H,1H3,(H,31,32)(H2,34,35,37). The van der Waals surface area contributed by atoms with E-state index in [4.69, 9.17) is 4.42 Å². The Kier molecular flexibility index (Phi) is 6.37. The summed E-state index contributed by atoms with van der Waals surface area (Å²) in [6, 6.07) is 12.4. The van der Waals surface area contributed by atoms with Gasteiger partial charge in [-0.1, -0.05) is 0 Å². The van der Waals surface area contributed by atoms with Crippen LogP contribution in [0.4, 0.5) is 39.5 Å². The van der Waals surface area contributed by atoms with E-state index < -0.39 is 23.6 Å². The summed E-state index contributed by atoms with van der Waals surface area (Å²) in [7, 11) is 1.76. The maximum atomic E-state index is 14.7. The van der Waals surface area contributed by atoms with Gasteiger partial charge in [0.15, 0.2) is 11.2 Å². The van der Waals surface area contributed by atoms with Crippen molar-refractivity contribution in [2.24, 2.45) is 0 Å². The number of urea groups is 1. The topological polar surface area (TPSA) is 105 Å². The maximum Gasteiger partial charge on any atom is 0.416 e. The van der Waals surface area contributed by atoms with Crippen LogP contribution in [0.1, 0.15) is 5.56 Å². The summed E-state index contributed by atoms with van der Waals surface area (Å²) in [4.78, 5) is 25.2. The molecule has 0 saturated heterocycles. The number of benzene rings is 2. The molecule has 2 amide bonds. The molecule has 192 valence electrons. The fraction of sp³-hybridized carbons (Fsp3) is 0.0769. The summed E-state index contributed by atoms with van der Waals surface area (Å²) in [5.41, 5.74) is 1.62. The number of alkyl halides is 3. The van der Waals surface area contributed by atoms with Gasteiger partial charge in [-0.3, -0.25) is 0 Å². The predicted octanol–water partition coefficient (Wildman–Crippen LogP) is 6.80. The molecule has 3 aromatic heterocycles. The lowest BCUT2D eigenvalue weighted by Crippen LogP contribution is -2.19. The van der Waals surface area contributed by atoms with Gasteiger partial charge in [0.2, 0.25) is 5.89 Å². The average molecular weight is 522 g/mol. The van der Waals surface area contributed by atoms with Crippen LogP contribution in [0.15, 0.2) is 77.5 Å². The van der Waals surface area contributed by atoms with Gasteiger partial charge in [0, 0.05) is 41.9 Å². The number of nitrogens with zero attached hydrogens (tertiary/aromatic N) is 3. The van der Waals surface area contributed by atoms with E-state index >= 15 is 0 Å². The van der Waals surface area contributed by atoms with E-state index in [-0.39, 0.29) is 28.5 Å². The van der Waals surface area contributed by atoms with Gasteiger partial charge < -0.3 is 20.4 Å². The van der Waals surface area contributed by atoms with Crippen LogP contribution in [0.2, 0.25) is 0 Å². The van der Waals surface area contributed by atoms with Crippen LogP contribution in [0.25, 0.3) is 33.8 Å². The van der Waals surface area contributed by atoms with Gasteiger partial charge in [-0.25, -0.2) is 19.2 Å².